The van der Waals surface area contributed by atoms with E-state index in [1.807, 2.05) is 0 Å². The van der Waals surface area contributed by atoms with Crippen LogP contribution in [0, 0.1) is 5.82 Å². The van der Waals surface area contributed by atoms with Crippen molar-refractivity contribution in [2.75, 3.05) is 32.4 Å². The lowest BCUT2D eigenvalue weighted by molar-refractivity contribution is 0.273. The molecule has 1 aromatic rings. The number of hydrogen-bond acceptors (Lipinski definition) is 4. The summed E-state index contributed by atoms with van der Waals surface area (Å²) in [7, 11) is -7.39. The highest BCUT2D eigenvalue weighted by Crippen LogP contribution is 2.24. The highest BCUT2D eigenvalue weighted by molar-refractivity contribution is 7.89. The molecule has 21 heavy (non-hydrogen) atoms. The minimum Gasteiger partial charge on any atom is -0.213 e. The van der Waals surface area contributed by atoms with Crippen molar-refractivity contribution in [1.29, 1.82) is 0 Å². The van der Waals surface area contributed by atoms with E-state index in [-0.39, 0.29) is 31.2 Å². The number of piperazine rings is 1. The Kier molecular flexibility index (Phi) is 4.60. The predicted octanol–water partition coefficient (Wildman–Crippen LogP) is 0.745. The van der Waals surface area contributed by atoms with Gasteiger partial charge in [0.2, 0.25) is 20.0 Å². The van der Waals surface area contributed by atoms with Crippen molar-refractivity contribution in [1.82, 2.24) is 8.61 Å². The van der Waals surface area contributed by atoms with Crippen molar-refractivity contribution in [3.63, 3.8) is 0 Å². The number of benzene rings is 1. The van der Waals surface area contributed by atoms with Crippen LogP contribution in [0.5, 0.6) is 0 Å². The fourth-order valence-electron chi connectivity index (χ4n) is 2.06. The molecule has 1 aromatic carbocycles. The summed E-state index contributed by atoms with van der Waals surface area (Å²) in [6.45, 7) is 0.0310. The van der Waals surface area contributed by atoms with Crippen LogP contribution in [0.2, 0.25) is 5.02 Å². The lowest BCUT2D eigenvalue weighted by Gasteiger charge is -2.32. The van der Waals surface area contributed by atoms with Gasteiger partial charge in [-0.2, -0.15) is 8.61 Å². The molecule has 0 atom stereocenters. The monoisotopic (exact) mass is 356 g/mol. The van der Waals surface area contributed by atoms with Gasteiger partial charge in [-0.05, 0) is 18.2 Å². The quantitative estimate of drug-likeness (QED) is 0.800. The molecule has 0 unspecified atom stereocenters. The molecule has 1 fully saturated rings. The number of hydrogen-bond donors (Lipinski definition) is 0. The average molecular weight is 357 g/mol. The molecule has 0 N–H and O–H groups in total. The third-order valence-corrected chi connectivity index (χ3v) is 6.63. The van der Waals surface area contributed by atoms with Gasteiger partial charge < -0.3 is 0 Å². The Morgan fingerprint density at radius 2 is 1.57 bits per heavy atom. The Labute approximate surface area is 128 Å². The summed E-state index contributed by atoms with van der Waals surface area (Å²) in [4.78, 5) is -0.497. The van der Waals surface area contributed by atoms with Gasteiger partial charge in [0.05, 0.1) is 6.26 Å². The van der Waals surface area contributed by atoms with Crippen LogP contribution in [-0.2, 0) is 20.0 Å². The first-order valence-electron chi connectivity index (χ1n) is 6.03. The fourth-order valence-corrected chi connectivity index (χ4v) is 4.63. The zero-order valence-electron chi connectivity index (χ0n) is 11.2. The van der Waals surface area contributed by atoms with Gasteiger partial charge in [0.15, 0.2) is 0 Å². The predicted molar refractivity (Wildman–Crippen MR) is 76.6 cm³/mol. The largest absolute Gasteiger partial charge is 0.246 e. The lowest BCUT2D eigenvalue weighted by atomic mass is 10.3. The van der Waals surface area contributed by atoms with E-state index in [1.165, 1.54) is 10.4 Å². The van der Waals surface area contributed by atoms with Crippen LogP contribution in [0.25, 0.3) is 0 Å². The summed E-state index contributed by atoms with van der Waals surface area (Å²) in [6, 6.07) is 3.30. The molecule has 118 valence electrons. The van der Waals surface area contributed by atoms with Gasteiger partial charge in [-0.3, -0.25) is 0 Å². The van der Waals surface area contributed by atoms with Crippen LogP contribution in [0.4, 0.5) is 4.39 Å². The number of halogens is 2. The van der Waals surface area contributed by atoms with Crippen molar-refractivity contribution in [3.05, 3.63) is 29.0 Å². The highest BCUT2D eigenvalue weighted by atomic mass is 35.5. The van der Waals surface area contributed by atoms with Gasteiger partial charge in [-0.1, -0.05) is 11.6 Å². The Balaban J connectivity index is 2.25. The van der Waals surface area contributed by atoms with Gasteiger partial charge in [-0.25, -0.2) is 21.2 Å². The molecule has 0 radical (unpaired) electrons. The normalized spacial score (nSPS) is 18.8. The van der Waals surface area contributed by atoms with Gasteiger partial charge in [0.25, 0.3) is 0 Å². The number of sulfonamides is 2. The molecule has 6 nitrogen and oxygen atoms in total. The topological polar surface area (TPSA) is 74.8 Å². The van der Waals surface area contributed by atoms with Crippen molar-refractivity contribution >= 4 is 31.6 Å². The Bertz CT molecular complexity index is 743. The zero-order valence-corrected chi connectivity index (χ0v) is 13.5. The fraction of sp³-hybridized carbons (Fsp3) is 0.455. The van der Waals surface area contributed by atoms with Crippen LogP contribution in [0.15, 0.2) is 23.1 Å². The van der Waals surface area contributed by atoms with Gasteiger partial charge >= 0.3 is 0 Å². The maximum atomic E-state index is 13.7. The van der Waals surface area contributed by atoms with E-state index in [0.29, 0.717) is 0 Å². The molecular formula is C11H14ClFN2O4S2. The van der Waals surface area contributed by atoms with Crippen LogP contribution in [-0.4, -0.2) is 57.9 Å². The Morgan fingerprint density at radius 1 is 1.05 bits per heavy atom. The van der Waals surface area contributed by atoms with E-state index < -0.39 is 30.8 Å². The molecule has 10 heteroatoms. The second kappa shape index (κ2) is 5.81. The van der Waals surface area contributed by atoms with E-state index in [4.69, 9.17) is 11.6 Å². The van der Waals surface area contributed by atoms with Crippen molar-refractivity contribution in [2.24, 2.45) is 0 Å². The summed E-state index contributed by atoms with van der Waals surface area (Å²) < 4.78 is 63.5. The summed E-state index contributed by atoms with van der Waals surface area (Å²) >= 11 is 5.71. The SMILES string of the molecule is CS(=O)(=O)N1CCN(S(=O)(=O)c2cc(Cl)ccc2F)CC1. The minimum atomic E-state index is -4.03. The van der Waals surface area contributed by atoms with Gasteiger partial charge in [-0.15, -0.1) is 0 Å². The first-order valence-corrected chi connectivity index (χ1v) is 9.69. The van der Waals surface area contributed by atoms with Crippen LogP contribution < -0.4 is 0 Å². The zero-order chi connectivity index (χ0) is 15.8. The third-order valence-electron chi connectivity index (χ3n) is 3.18. The van der Waals surface area contributed by atoms with E-state index >= 15 is 0 Å². The first kappa shape index (κ1) is 16.6. The summed E-state index contributed by atoms with van der Waals surface area (Å²) in [6.07, 6.45) is 1.06. The maximum Gasteiger partial charge on any atom is 0.246 e. The molecule has 0 aliphatic carbocycles. The molecule has 0 amide bonds. The average Bonchev–Trinajstić information content (AvgIpc) is 2.40. The lowest BCUT2D eigenvalue weighted by Crippen LogP contribution is -2.50. The maximum absolute atomic E-state index is 13.7. The third kappa shape index (κ3) is 3.54. The molecule has 1 heterocycles. The summed E-state index contributed by atoms with van der Waals surface area (Å²) in [5, 5.41) is 0.116. The number of rotatable bonds is 3. The van der Waals surface area contributed by atoms with Gasteiger partial charge in [0, 0.05) is 31.2 Å². The minimum absolute atomic E-state index is 0.0264. The molecular weight excluding hydrogens is 343 g/mol. The molecule has 0 spiro atoms. The second-order valence-electron chi connectivity index (χ2n) is 4.64. The second-order valence-corrected chi connectivity index (χ2v) is 8.97. The molecule has 1 saturated heterocycles. The molecule has 0 saturated carbocycles. The smallest absolute Gasteiger partial charge is 0.213 e. The van der Waals surface area contributed by atoms with E-state index in [9.17, 15) is 21.2 Å². The van der Waals surface area contributed by atoms with Crippen molar-refractivity contribution in [3.8, 4) is 0 Å². The highest BCUT2D eigenvalue weighted by Gasteiger charge is 2.33. The van der Waals surface area contributed by atoms with E-state index in [0.717, 1.165) is 22.7 Å². The Hall–Kier alpha value is -0.740. The number of nitrogens with zero attached hydrogens (tertiary/aromatic N) is 2. The van der Waals surface area contributed by atoms with Crippen molar-refractivity contribution < 1.29 is 21.2 Å². The van der Waals surface area contributed by atoms with E-state index in [2.05, 4.69) is 0 Å². The standard InChI is InChI=1S/C11H14ClFN2O4S2/c1-20(16,17)14-4-6-15(7-5-14)21(18,19)11-8-9(12)2-3-10(11)13/h2-3,8H,4-7H2,1H3. The van der Waals surface area contributed by atoms with Gasteiger partial charge in [0.1, 0.15) is 10.7 Å². The van der Waals surface area contributed by atoms with E-state index in [1.54, 1.807) is 0 Å². The van der Waals surface area contributed by atoms with Crippen LogP contribution in [0.3, 0.4) is 0 Å². The van der Waals surface area contributed by atoms with Crippen molar-refractivity contribution in [2.45, 2.75) is 4.90 Å². The first-order chi connectivity index (χ1) is 9.62. The van der Waals surface area contributed by atoms with Crippen LogP contribution >= 0.6 is 11.6 Å². The molecule has 0 bridgehead atoms. The summed E-state index contributed by atoms with van der Waals surface area (Å²) in [5.41, 5.74) is 0. The molecule has 0 aromatic heterocycles. The van der Waals surface area contributed by atoms with Crippen LogP contribution in [0.1, 0.15) is 0 Å². The Morgan fingerprint density at radius 3 is 2.10 bits per heavy atom. The molecule has 1 aliphatic heterocycles. The molecule has 1 aliphatic rings. The molecule has 2 rings (SSSR count). The summed E-state index contributed by atoms with van der Waals surface area (Å²) in [5.74, 6) is -0.884.